The number of hydrogen-bond donors (Lipinski definition) is 3. The minimum atomic E-state index is -3.82. The summed E-state index contributed by atoms with van der Waals surface area (Å²) in [6, 6.07) is 12.3. The van der Waals surface area contributed by atoms with Crippen molar-refractivity contribution in [2.75, 3.05) is 5.32 Å². The fraction of sp³-hybridized carbons (Fsp3) is 0.118. The van der Waals surface area contributed by atoms with E-state index in [0.717, 1.165) is 0 Å². The van der Waals surface area contributed by atoms with Gasteiger partial charge in [-0.05, 0) is 37.3 Å². The van der Waals surface area contributed by atoms with E-state index in [9.17, 15) is 18.0 Å². The molecule has 1 aromatic heterocycles. The number of H-pyrrole nitrogens is 1. The lowest BCUT2D eigenvalue weighted by Gasteiger charge is -2.13. The van der Waals surface area contributed by atoms with Crippen LogP contribution >= 0.6 is 0 Å². The third kappa shape index (κ3) is 4.13. The Bertz CT molecular complexity index is 1110. The summed E-state index contributed by atoms with van der Waals surface area (Å²) in [5.41, 5.74) is 1.10. The number of nitrogens with one attached hydrogen (secondary N) is 2. The number of carbonyl (C=O) groups excluding carboxylic acids is 2. The lowest BCUT2D eigenvalue weighted by molar-refractivity contribution is -0.123. The molecule has 0 aliphatic heterocycles. The van der Waals surface area contributed by atoms with Gasteiger partial charge in [0.15, 0.2) is 11.8 Å². The van der Waals surface area contributed by atoms with Crippen molar-refractivity contribution < 1.29 is 22.7 Å². The van der Waals surface area contributed by atoms with Crippen LogP contribution in [0.3, 0.4) is 0 Å². The highest BCUT2D eigenvalue weighted by molar-refractivity contribution is 7.89. The van der Waals surface area contributed by atoms with Gasteiger partial charge in [0, 0.05) is 11.1 Å². The van der Waals surface area contributed by atoms with Crippen LogP contribution in [0.5, 0.6) is 0 Å². The zero-order valence-corrected chi connectivity index (χ0v) is 15.0. The van der Waals surface area contributed by atoms with E-state index in [1.165, 1.54) is 31.2 Å². The van der Waals surface area contributed by atoms with Gasteiger partial charge in [-0.15, -0.1) is 0 Å². The molecule has 140 valence electrons. The van der Waals surface area contributed by atoms with Crippen LogP contribution in [0, 0.1) is 0 Å². The molecule has 1 atom stereocenters. The van der Waals surface area contributed by atoms with Crippen LogP contribution in [0.1, 0.15) is 17.4 Å². The molecule has 0 radical (unpaired) electrons. The van der Waals surface area contributed by atoms with E-state index in [0.29, 0.717) is 16.6 Å². The molecule has 0 saturated heterocycles. The van der Waals surface area contributed by atoms with Crippen molar-refractivity contribution in [1.29, 1.82) is 0 Å². The van der Waals surface area contributed by atoms with Gasteiger partial charge >= 0.3 is 5.97 Å². The Hall–Kier alpha value is -3.24. The summed E-state index contributed by atoms with van der Waals surface area (Å²) < 4.78 is 27.6. The van der Waals surface area contributed by atoms with E-state index in [2.05, 4.69) is 15.5 Å². The van der Waals surface area contributed by atoms with Gasteiger partial charge in [-0.3, -0.25) is 9.89 Å². The van der Waals surface area contributed by atoms with Gasteiger partial charge in [0.05, 0.1) is 10.4 Å². The first-order valence-electron chi connectivity index (χ1n) is 7.83. The van der Waals surface area contributed by atoms with Gasteiger partial charge in [0.25, 0.3) is 5.91 Å². The summed E-state index contributed by atoms with van der Waals surface area (Å²) >= 11 is 0. The Kier molecular flexibility index (Phi) is 4.93. The number of carbonyl (C=O) groups is 2. The van der Waals surface area contributed by atoms with Crippen molar-refractivity contribution in [3.05, 3.63) is 54.2 Å². The summed E-state index contributed by atoms with van der Waals surface area (Å²) in [7, 11) is -3.82. The summed E-state index contributed by atoms with van der Waals surface area (Å²) in [5.74, 6) is -1.31. The number of aromatic nitrogens is 2. The zero-order valence-electron chi connectivity index (χ0n) is 14.2. The monoisotopic (exact) mass is 388 g/mol. The molecule has 3 aromatic rings. The number of nitrogens with zero attached hydrogens (tertiary/aromatic N) is 1. The van der Waals surface area contributed by atoms with Gasteiger partial charge in [-0.1, -0.05) is 18.2 Å². The molecule has 10 heteroatoms. The Morgan fingerprint density at radius 2 is 1.81 bits per heavy atom. The van der Waals surface area contributed by atoms with E-state index in [-0.39, 0.29) is 10.6 Å². The van der Waals surface area contributed by atoms with Gasteiger partial charge in [0.2, 0.25) is 10.0 Å². The average molecular weight is 388 g/mol. The normalized spacial score (nSPS) is 12.5. The van der Waals surface area contributed by atoms with Crippen LogP contribution in [-0.2, 0) is 19.6 Å². The molecule has 4 N–H and O–H groups in total. The van der Waals surface area contributed by atoms with Crippen molar-refractivity contribution in [1.82, 2.24) is 10.2 Å². The maximum absolute atomic E-state index is 12.3. The molecule has 0 spiro atoms. The molecule has 0 aliphatic carbocycles. The number of sulfonamides is 1. The highest BCUT2D eigenvalue weighted by atomic mass is 32.2. The van der Waals surface area contributed by atoms with Crippen molar-refractivity contribution in [3.8, 4) is 0 Å². The number of anilines is 1. The number of rotatable bonds is 5. The van der Waals surface area contributed by atoms with Crippen molar-refractivity contribution in [2.45, 2.75) is 17.9 Å². The van der Waals surface area contributed by atoms with E-state index in [4.69, 9.17) is 9.88 Å². The highest BCUT2D eigenvalue weighted by Crippen LogP contribution is 2.17. The van der Waals surface area contributed by atoms with Crippen LogP contribution in [0.2, 0.25) is 0 Å². The lowest BCUT2D eigenvalue weighted by atomic mass is 10.2. The quantitative estimate of drug-likeness (QED) is 0.563. The molecule has 2 aromatic carbocycles. The lowest BCUT2D eigenvalue weighted by Crippen LogP contribution is -2.30. The number of ether oxygens (including phenoxy) is 1. The predicted molar refractivity (Wildman–Crippen MR) is 97.4 cm³/mol. The summed E-state index contributed by atoms with van der Waals surface area (Å²) in [4.78, 5) is 24.4. The van der Waals surface area contributed by atoms with Crippen LogP contribution in [0.15, 0.2) is 53.4 Å². The average Bonchev–Trinajstić information content (AvgIpc) is 3.05. The predicted octanol–water partition coefficient (Wildman–Crippen LogP) is 1.39. The highest BCUT2D eigenvalue weighted by Gasteiger charge is 2.22. The smallest absolute Gasteiger partial charge is 0.360 e. The number of aromatic amines is 1. The number of fused-ring (bicyclic) bond motifs is 1. The molecule has 1 heterocycles. The van der Waals surface area contributed by atoms with Crippen molar-refractivity contribution >= 4 is 38.5 Å². The maximum atomic E-state index is 12.3. The Morgan fingerprint density at radius 3 is 2.48 bits per heavy atom. The van der Waals surface area contributed by atoms with E-state index < -0.39 is 28.0 Å². The molecule has 0 bridgehead atoms. The first-order chi connectivity index (χ1) is 12.8. The molecule has 1 amide bonds. The maximum Gasteiger partial charge on any atom is 0.360 e. The standard InChI is InChI=1S/C17H16N4O5S/c1-10(16(22)19-11-6-8-12(9-7-11)27(18,24)25)26-17(23)15-13-4-2-3-5-14(13)20-21-15/h2-10H,1H3,(H,19,22)(H,20,21)(H2,18,24,25)/t10-/m1/s1. The first kappa shape index (κ1) is 18.5. The van der Waals surface area contributed by atoms with Gasteiger partial charge < -0.3 is 10.1 Å². The summed E-state index contributed by atoms with van der Waals surface area (Å²) in [6.07, 6.45) is -1.09. The second-order valence-electron chi connectivity index (χ2n) is 5.72. The molecule has 0 aliphatic rings. The van der Waals surface area contributed by atoms with E-state index in [1.54, 1.807) is 24.3 Å². The number of primary sulfonamides is 1. The third-order valence-corrected chi connectivity index (χ3v) is 4.70. The van der Waals surface area contributed by atoms with E-state index in [1.807, 2.05) is 0 Å². The number of para-hydroxylation sites is 1. The minimum Gasteiger partial charge on any atom is -0.448 e. The SMILES string of the molecule is C[C@@H](OC(=O)c1n[nH]c2ccccc12)C(=O)Nc1ccc(S(N)(=O)=O)cc1. The van der Waals surface area contributed by atoms with Gasteiger partial charge in [-0.25, -0.2) is 18.4 Å². The first-order valence-corrected chi connectivity index (χ1v) is 9.38. The van der Waals surface area contributed by atoms with Crippen LogP contribution in [0.25, 0.3) is 10.9 Å². The van der Waals surface area contributed by atoms with Crippen molar-refractivity contribution in [3.63, 3.8) is 0 Å². The zero-order chi connectivity index (χ0) is 19.6. The van der Waals surface area contributed by atoms with Crippen molar-refractivity contribution in [2.24, 2.45) is 5.14 Å². The fourth-order valence-corrected chi connectivity index (χ4v) is 2.88. The molecule has 0 unspecified atom stereocenters. The fourth-order valence-electron chi connectivity index (χ4n) is 2.36. The number of benzene rings is 2. The van der Waals surface area contributed by atoms with Crippen LogP contribution < -0.4 is 10.5 Å². The largest absolute Gasteiger partial charge is 0.448 e. The minimum absolute atomic E-state index is 0.0783. The number of esters is 1. The molecule has 0 saturated carbocycles. The Morgan fingerprint density at radius 1 is 1.15 bits per heavy atom. The molecule has 27 heavy (non-hydrogen) atoms. The van der Waals surface area contributed by atoms with Gasteiger partial charge in [0.1, 0.15) is 0 Å². The topological polar surface area (TPSA) is 144 Å². The second kappa shape index (κ2) is 7.17. The number of nitrogens with two attached hydrogens (primary N) is 1. The third-order valence-electron chi connectivity index (χ3n) is 3.77. The van der Waals surface area contributed by atoms with Gasteiger partial charge in [-0.2, -0.15) is 5.10 Å². The Labute approximate surface area is 154 Å². The van der Waals surface area contributed by atoms with E-state index >= 15 is 0 Å². The molecule has 9 nitrogen and oxygen atoms in total. The second-order valence-corrected chi connectivity index (χ2v) is 7.29. The molecule has 0 fully saturated rings. The molecule has 3 rings (SSSR count). The van der Waals surface area contributed by atoms with Crippen LogP contribution in [-0.4, -0.2) is 36.6 Å². The summed E-state index contributed by atoms with van der Waals surface area (Å²) in [6.45, 7) is 1.42. The van der Waals surface area contributed by atoms with Crippen LogP contribution in [0.4, 0.5) is 5.69 Å². The number of amides is 1. The number of hydrogen-bond acceptors (Lipinski definition) is 6. The molecular weight excluding hydrogens is 372 g/mol. The summed E-state index contributed by atoms with van der Waals surface area (Å²) in [5, 5.41) is 14.8. The molecular formula is C17H16N4O5S. The Balaban J connectivity index is 1.66.